The Kier molecular flexibility index (Phi) is 1.69. The van der Waals surface area contributed by atoms with Crippen LogP contribution in [-0.4, -0.2) is 16.0 Å². The molecule has 4 nitrogen and oxygen atoms in total. The summed E-state index contributed by atoms with van der Waals surface area (Å²) in [6, 6.07) is 0. The third kappa shape index (κ3) is 0.956. The summed E-state index contributed by atoms with van der Waals surface area (Å²) >= 11 is 0. The molecule has 1 N–H and O–H groups in total. The zero-order chi connectivity index (χ0) is 8.55. The Hall–Kier alpha value is -1.16. The highest BCUT2D eigenvalue weighted by atomic mass is 16.5. The van der Waals surface area contributed by atoms with Crippen LogP contribution in [0.3, 0.4) is 0 Å². The smallest absolute Gasteiger partial charge is 0.168 e. The van der Waals surface area contributed by atoms with E-state index in [0.29, 0.717) is 23.4 Å². The number of aliphatic hydroxyl groups excluding tert-OH is 1. The van der Waals surface area contributed by atoms with Crippen molar-refractivity contribution < 1.29 is 14.4 Å². The predicted molar refractivity (Wildman–Crippen MR) is 39.7 cm³/mol. The standard InChI is InChI=1S/C8H9NO3/c10-4-5-8-6(11)2-1-3-7(8)12-9-5/h10H,1-4H2. The minimum atomic E-state index is -0.218. The van der Waals surface area contributed by atoms with Crippen molar-refractivity contribution in [3.8, 4) is 0 Å². The number of fused-ring (bicyclic) bond motifs is 1. The van der Waals surface area contributed by atoms with Crippen molar-refractivity contribution in [2.45, 2.75) is 25.9 Å². The molecule has 0 saturated heterocycles. The average molecular weight is 167 g/mol. The fourth-order valence-electron chi connectivity index (χ4n) is 1.49. The molecule has 0 radical (unpaired) electrons. The number of ketones is 1. The summed E-state index contributed by atoms with van der Waals surface area (Å²) < 4.78 is 4.92. The average Bonchev–Trinajstić information content (AvgIpc) is 2.49. The first-order valence-corrected chi connectivity index (χ1v) is 3.94. The fraction of sp³-hybridized carbons (Fsp3) is 0.500. The first kappa shape index (κ1) is 7.49. The number of Topliss-reactive ketones (excluding diaryl/α,β-unsaturated/α-hetero) is 1. The van der Waals surface area contributed by atoms with Gasteiger partial charge < -0.3 is 9.63 Å². The third-order valence-corrected chi connectivity index (χ3v) is 2.07. The molecule has 0 atom stereocenters. The van der Waals surface area contributed by atoms with E-state index < -0.39 is 0 Å². The maximum atomic E-state index is 11.3. The van der Waals surface area contributed by atoms with Crippen molar-refractivity contribution in [3.05, 3.63) is 17.0 Å². The number of hydrogen-bond acceptors (Lipinski definition) is 4. The largest absolute Gasteiger partial charge is 0.390 e. The van der Waals surface area contributed by atoms with Crippen LogP contribution in [-0.2, 0) is 13.0 Å². The Morgan fingerprint density at radius 3 is 3.08 bits per heavy atom. The molecule has 4 heteroatoms. The van der Waals surface area contributed by atoms with Gasteiger partial charge in [0.2, 0.25) is 0 Å². The normalized spacial score (nSPS) is 16.2. The molecule has 0 fully saturated rings. The monoisotopic (exact) mass is 167 g/mol. The van der Waals surface area contributed by atoms with Gasteiger partial charge in [-0.2, -0.15) is 0 Å². The summed E-state index contributed by atoms with van der Waals surface area (Å²) in [7, 11) is 0. The number of carbonyl (C=O) groups excluding carboxylic acids is 1. The molecule has 0 bridgehead atoms. The number of hydrogen-bond donors (Lipinski definition) is 1. The summed E-state index contributed by atoms with van der Waals surface area (Å²) in [6.45, 7) is -0.218. The van der Waals surface area contributed by atoms with Crippen LogP contribution in [0.5, 0.6) is 0 Å². The second-order valence-corrected chi connectivity index (χ2v) is 2.86. The highest BCUT2D eigenvalue weighted by molar-refractivity contribution is 5.98. The van der Waals surface area contributed by atoms with Gasteiger partial charge in [-0.15, -0.1) is 0 Å². The van der Waals surface area contributed by atoms with Crippen molar-refractivity contribution in [1.29, 1.82) is 0 Å². The molecule has 0 aromatic carbocycles. The van der Waals surface area contributed by atoms with Crippen molar-refractivity contribution in [3.63, 3.8) is 0 Å². The molecule has 12 heavy (non-hydrogen) atoms. The van der Waals surface area contributed by atoms with E-state index in [4.69, 9.17) is 9.63 Å². The van der Waals surface area contributed by atoms with Gasteiger partial charge in [0, 0.05) is 12.8 Å². The third-order valence-electron chi connectivity index (χ3n) is 2.07. The number of aryl methyl sites for hydroxylation is 1. The van der Waals surface area contributed by atoms with Crippen LogP contribution in [0.2, 0.25) is 0 Å². The molecule has 2 rings (SSSR count). The first-order chi connectivity index (χ1) is 5.83. The van der Waals surface area contributed by atoms with Gasteiger partial charge in [0.1, 0.15) is 11.5 Å². The van der Waals surface area contributed by atoms with Gasteiger partial charge in [0.25, 0.3) is 0 Å². The van der Waals surface area contributed by atoms with Gasteiger partial charge in [-0.1, -0.05) is 5.16 Å². The molecule has 0 spiro atoms. The van der Waals surface area contributed by atoms with E-state index in [0.717, 1.165) is 12.8 Å². The Bertz CT molecular complexity index is 303. The maximum Gasteiger partial charge on any atom is 0.168 e. The number of rotatable bonds is 1. The highest BCUT2D eigenvalue weighted by Crippen LogP contribution is 2.23. The summed E-state index contributed by atoms with van der Waals surface area (Å²) in [5, 5.41) is 12.4. The molecule has 0 amide bonds. The Balaban J connectivity index is 2.50. The summed E-state index contributed by atoms with van der Waals surface area (Å²) in [5.41, 5.74) is 0.901. The zero-order valence-corrected chi connectivity index (χ0v) is 6.54. The van der Waals surface area contributed by atoms with Crippen molar-refractivity contribution in [2.75, 3.05) is 0 Å². The van der Waals surface area contributed by atoms with Crippen LogP contribution in [0, 0.1) is 0 Å². The van der Waals surface area contributed by atoms with E-state index in [1.54, 1.807) is 0 Å². The van der Waals surface area contributed by atoms with E-state index in [2.05, 4.69) is 5.16 Å². The van der Waals surface area contributed by atoms with Gasteiger partial charge >= 0.3 is 0 Å². The lowest BCUT2D eigenvalue weighted by atomic mass is 9.95. The van der Waals surface area contributed by atoms with Gasteiger partial charge in [-0.25, -0.2) is 0 Å². The first-order valence-electron chi connectivity index (χ1n) is 3.94. The van der Waals surface area contributed by atoms with Gasteiger partial charge in [0.15, 0.2) is 5.78 Å². The van der Waals surface area contributed by atoms with E-state index >= 15 is 0 Å². The van der Waals surface area contributed by atoms with Crippen LogP contribution in [0.25, 0.3) is 0 Å². The van der Waals surface area contributed by atoms with E-state index in [-0.39, 0.29) is 12.4 Å². The second kappa shape index (κ2) is 2.71. The molecule has 1 heterocycles. The summed E-state index contributed by atoms with van der Waals surface area (Å²) in [4.78, 5) is 11.3. The SMILES string of the molecule is O=C1CCCc2onc(CO)c21. The molecular weight excluding hydrogens is 158 g/mol. The molecule has 1 aromatic heterocycles. The van der Waals surface area contributed by atoms with Crippen molar-refractivity contribution in [2.24, 2.45) is 0 Å². The lowest BCUT2D eigenvalue weighted by molar-refractivity contribution is 0.0966. The lowest BCUT2D eigenvalue weighted by Crippen LogP contribution is -2.10. The number of aromatic nitrogens is 1. The number of aliphatic hydroxyl groups is 1. The summed E-state index contributed by atoms with van der Waals surface area (Å²) in [6.07, 6.45) is 2.13. The second-order valence-electron chi connectivity index (χ2n) is 2.86. The molecule has 64 valence electrons. The van der Waals surface area contributed by atoms with Gasteiger partial charge in [-0.05, 0) is 6.42 Å². The number of carbonyl (C=O) groups is 1. The fourth-order valence-corrected chi connectivity index (χ4v) is 1.49. The van der Waals surface area contributed by atoms with E-state index in [1.165, 1.54) is 0 Å². The molecule has 1 aliphatic rings. The number of nitrogens with zero attached hydrogens (tertiary/aromatic N) is 1. The van der Waals surface area contributed by atoms with E-state index in [1.807, 2.05) is 0 Å². The minimum Gasteiger partial charge on any atom is -0.390 e. The van der Waals surface area contributed by atoms with Crippen LogP contribution in [0.15, 0.2) is 4.52 Å². The summed E-state index contributed by atoms with van der Waals surface area (Å²) in [5.74, 6) is 0.678. The van der Waals surface area contributed by atoms with Crippen molar-refractivity contribution >= 4 is 5.78 Å². The minimum absolute atomic E-state index is 0.0431. The van der Waals surface area contributed by atoms with Crippen LogP contribution < -0.4 is 0 Å². The Morgan fingerprint density at radius 2 is 2.33 bits per heavy atom. The van der Waals surface area contributed by atoms with Crippen molar-refractivity contribution in [1.82, 2.24) is 5.16 Å². The molecule has 0 unspecified atom stereocenters. The predicted octanol–water partition coefficient (Wildman–Crippen LogP) is 0.686. The molecule has 0 saturated carbocycles. The van der Waals surface area contributed by atoms with Gasteiger partial charge in [0.05, 0.1) is 12.2 Å². The Morgan fingerprint density at radius 1 is 1.50 bits per heavy atom. The topological polar surface area (TPSA) is 63.3 Å². The molecule has 1 aliphatic carbocycles. The molecule has 1 aromatic rings. The molecular formula is C8H9NO3. The quantitative estimate of drug-likeness (QED) is 0.668. The highest BCUT2D eigenvalue weighted by Gasteiger charge is 2.25. The van der Waals surface area contributed by atoms with Gasteiger partial charge in [-0.3, -0.25) is 4.79 Å². The zero-order valence-electron chi connectivity index (χ0n) is 6.54. The lowest BCUT2D eigenvalue weighted by Gasteiger charge is -2.06. The maximum absolute atomic E-state index is 11.3. The Labute approximate surface area is 69.2 Å². The molecule has 0 aliphatic heterocycles. The van der Waals surface area contributed by atoms with Crippen LogP contribution >= 0.6 is 0 Å². The van der Waals surface area contributed by atoms with E-state index in [9.17, 15) is 4.79 Å². The van der Waals surface area contributed by atoms with Crippen LogP contribution in [0.1, 0.15) is 34.7 Å². The van der Waals surface area contributed by atoms with Crippen LogP contribution in [0.4, 0.5) is 0 Å².